The summed E-state index contributed by atoms with van der Waals surface area (Å²) in [5, 5.41) is 7.51. The Morgan fingerprint density at radius 3 is 2.00 bits per heavy atom. The molecule has 0 aromatic carbocycles. The zero-order valence-electron chi connectivity index (χ0n) is 8.05. The van der Waals surface area contributed by atoms with Gasteiger partial charge in [-0.2, -0.15) is 5.26 Å². The summed E-state index contributed by atoms with van der Waals surface area (Å²) in [7, 11) is 0. The summed E-state index contributed by atoms with van der Waals surface area (Å²) in [6.07, 6.45) is 1.18. The van der Waals surface area contributed by atoms with Crippen molar-refractivity contribution in [3.8, 4) is 6.07 Å². The van der Waals surface area contributed by atoms with Crippen LogP contribution in [0.3, 0.4) is 0 Å². The minimum atomic E-state index is -0.0855. The van der Waals surface area contributed by atoms with Crippen molar-refractivity contribution < 1.29 is 4.79 Å². The molecular weight excluding hydrogens is 266 g/mol. The predicted octanol–water partition coefficient (Wildman–Crippen LogP) is 2.22. The number of carbonyl (C=O) groups is 1. The second kappa shape index (κ2) is 7.34. The molecular formula is C9H15NOTe. The molecule has 0 rings (SSSR count). The topological polar surface area (TPSA) is 40.9 Å². The van der Waals surface area contributed by atoms with Crippen molar-refractivity contribution in [3.63, 3.8) is 0 Å². The molecule has 0 aromatic rings. The molecule has 0 heterocycles. The van der Waals surface area contributed by atoms with Gasteiger partial charge in [0.2, 0.25) is 0 Å². The van der Waals surface area contributed by atoms with Gasteiger partial charge >= 0.3 is 60.7 Å². The second-order valence-electron chi connectivity index (χ2n) is 2.60. The molecule has 0 aliphatic heterocycles. The average Bonchev–Trinajstić information content (AvgIpc) is 2.05. The van der Waals surface area contributed by atoms with Crippen LogP contribution < -0.4 is 0 Å². The summed E-state index contributed by atoms with van der Waals surface area (Å²) in [5.41, 5.74) is 0. The summed E-state index contributed by atoms with van der Waals surface area (Å²) in [5.74, 6) is 0.336. The molecule has 3 heteroatoms. The molecule has 0 saturated carbocycles. The molecule has 0 atom stereocenters. The number of allylic oxidation sites excluding steroid dienone is 1. The van der Waals surface area contributed by atoms with Crippen molar-refractivity contribution in [2.75, 3.05) is 0 Å². The number of carbonyl (C=O) groups excluding carboxylic acids is 1. The Morgan fingerprint density at radius 2 is 2.00 bits per heavy atom. The van der Waals surface area contributed by atoms with E-state index in [0.29, 0.717) is 5.78 Å². The van der Waals surface area contributed by atoms with Crippen molar-refractivity contribution >= 4 is 26.7 Å². The summed E-state index contributed by atoms with van der Waals surface area (Å²) < 4.78 is 0.0328. The van der Waals surface area contributed by atoms with Gasteiger partial charge in [-0.05, 0) is 0 Å². The Labute approximate surface area is 84.7 Å². The Morgan fingerprint density at radius 1 is 1.67 bits per heavy atom. The fourth-order valence-corrected chi connectivity index (χ4v) is 0.964. The monoisotopic (exact) mass is 283 g/mol. The Bertz CT molecular complexity index is 191. The third-order valence-corrected chi connectivity index (χ3v) is 5.18. The quantitative estimate of drug-likeness (QED) is 0.575. The van der Waals surface area contributed by atoms with Crippen molar-refractivity contribution in [3.05, 3.63) is 12.7 Å². The first-order valence-corrected chi connectivity index (χ1v) is 6.98. The number of nitriles is 1. The van der Waals surface area contributed by atoms with Gasteiger partial charge in [-0.15, -0.1) is 0 Å². The fourth-order valence-electron chi connectivity index (χ4n) is 0.144. The van der Waals surface area contributed by atoms with Crippen LogP contribution in [0.4, 0.5) is 0 Å². The third-order valence-electron chi connectivity index (χ3n) is 1.45. The summed E-state index contributed by atoms with van der Waals surface area (Å²) in [6, 6.07) is 1.69. The van der Waals surface area contributed by atoms with Gasteiger partial charge in [0.1, 0.15) is 0 Å². The fraction of sp³-hybridized carbons (Fsp3) is 0.556. The van der Waals surface area contributed by atoms with E-state index >= 15 is 0 Å². The van der Waals surface area contributed by atoms with Crippen molar-refractivity contribution in [2.24, 2.45) is 0 Å². The van der Waals surface area contributed by atoms with E-state index in [1.165, 1.54) is 6.08 Å². The first-order valence-electron chi connectivity index (χ1n) is 3.49. The molecule has 0 saturated heterocycles. The van der Waals surface area contributed by atoms with Crippen LogP contribution in [0, 0.1) is 11.3 Å². The van der Waals surface area contributed by atoms with Gasteiger partial charge in [0, 0.05) is 6.08 Å². The number of hydrogen-bond donors (Lipinski definition) is 0. The van der Waals surface area contributed by atoms with Crippen LogP contribution in [0.15, 0.2) is 12.7 Å². The van der Waals surface area contributed by atoms with Crippen LogP contribution in [0.2, 0.25) is 8.43 Å². The maximum absolute atomic E-state index is 10.7. The number of hydrogen-bond acceptors (Lipinski definition) is 2. The van der Waals surface area contributed by atoms with Gasteiger partial charge in [-0.25, -0.2) is 0 Å². The average molecular weight is 281 g/mol. The van der Waals surface area contributed by atoms with Crippen LogP contribution in [0.25, 0.3) is 0 Å². The Balaban J connectivity index is 0. The van der Waals surface area contributed by atoms with E-state index in [4.69, 9.17) is 5.26 Å². The van der Waals surface area contributed by atoms with Gasteiger partial charge in [-0.3, -0.25) is 0 Å². The van der Waals surface area contributed by atoms with E-state index in [2.05, 4.69) is 11.6 Å². The van der Waals surface area contributed by atoms with Crippen LogP contribution in [-0.4, -0.2) is 26.7 Å². The van der Waals surface area contributed by atoms with Gasteiger partial charge in [-0.1, -0.05) is 6.58 Å². The van der Waals surface area contributed by atoms with E-state index in [9.17, 15) is 4.79 Å². The van der Waals surface area contributed by atoms with Gasteiger partial charge in [0.05, 0.1) is 6.07 Å². The molecule has 0 unspecified atom stereocenters. The van der Waals surface area contributed by atoms with Crippen molar-refractivity contribution in [1.82, 2.24) is 0 Å². The SMILES string of the molecule is C=CC#N.C[Te]C(C)(C)C(C)=O. The maximum atomic E-state index is 10.7. The molecule has 68 valence electrons. The zero-order chi connectivity index (χ0) is 10.2. The number of rotatable bonds is 2. The zero-order valence-corrected chi connectivity index (χ0v) is 10.4. The van der Waals surface area contributed by atoms with Crippen LogP contribution in [0.1, 0.15) is 20.8 Å². The number of ketones is 1. The molecule has 0 bridgehead atoms. The van der Waals surface area contributed by atoms with Crippen molar-refractivity contribution in [2.45, 2.75) is 29.2 Å². The molecule has 0 amide bonds. The molecule has 0 aromatic heterocycles. The normalized spacial score (nSPS) is 8.92. The van der Waals surface area contributed by atoms with Crippen molar-refractivity contribution in [1.29, 1.82) is 5.26 Å². The summed E-state index contributed by atoms with van der Waals surface area (Å²) in [6.45, 7) is 8.84. The minimum absolute atomic E-state index is 0.0328. The van der Waals surface area contributed by atoms with E-state index in [0.717, 1.165) is 0 Å². The molecule has 12 heavy (non-hydrogen) atoms. The third kappa shape index (κ3) is 7.79. The Hall–Kier alpha value is -0.310. The Kier molecular flexibility index (Phi) is 8.71. The summed E-state index contributed by atoms with van der Waals surface area (Å²) in [4.78, 5) is 12.9. The van der Waals surface area contributed by atoms with E-state index < -0.39 is 0 Å². The molecule has 0 spiro atoms. The van der Waals surface area contributed by atoms with Crippen LogP contribution in [-0.2, 0) is 4.79 Å². The predicted molar refractivity (Wildman–Crippen MR) is 52.2 cm³/mol. The first-order chi connectivity index (χ1) is 5.42. The molecule has 0 radical (unpaired) electrons. The second-order valence-corrected chi connectivity index (χ2v) is 6.68. The van der Waals surface area contributed by atoms with Crippen LogP contribution >= 0.6 is 0 Å². The van der Waals surface area contributed by atoms with Gasteiger partial charge < -0.3 is 0 Å². The molecule has 0 aliphatic rings. The van der Waals surface area contributed by atoms with Crippen LogP contribution in [0.5, 0.6) is 0 Å². The number of nitrogens with zero attached hydrogens (tertiary/aromatic N) is 1. The molecule has 0 N–H and O–H groups in total. The van der Waals surface area contributed by atoms with Gasteiger partial charge in [0.25, 0.3) is 0 Å². The molecule has 2 nitrogen and oxygen atoms in total. The van der Waals surface area contributed by atoms with Gasteiger partial charge in [0.15, 0.2) is 0 Å². The standard InChI is InChI=1S/C6H12OTe.C3H3N/c1-5(7)6(2,3)8-4;1-2-3-4/h1-4H3;2H,1H2. The summed E-state index contributed by atoms with van der Waals surface area (Å²) >= 11 is -0.0855. The van der Waals surface area contributed by atoms with E-state index in [1.54, 1.807) is 13.0 Å². The van der Waals surface area contributed by atoms with E-state index in [-0.39, 0.29) is 24.4 Å². The number of Topliss-reactive ketones (excluding diaryl/α,β-unsaturated/α-hetero) is 1. The van der Waals surface area contributed by atoms with E-state index in [1.807, 2.05) is 13.8 Å². The molecule has 0 aliphatic carbocycles. The molecule has 0 fully saturated rings. The first kappa shape index (κ1) is 14.2.